The number of nitrogens with one attached hydrogen (secondary N) is 1. The lowest BCUT2D eigenvalue weighted by molar-refractivity contribution is -0.119. The average Bonchev–Trinajstić information content (AvgIpc) is 2.66. The normalized spacial score (nSPS) is 11.0. The molecule has 0 radical (unpaired) electrons. The van der Waals surface area contributed by atoms with Crippen LogP contribution in [0.15, 0.2) is 54.6 Å². The van der Waals surface area contributed by atoms with Crippen LogP contribution in [0.25, 0.3) is 0 Å². The summed E-state index contributed by atoms with van der Waals surface area (Å²) >= 11 is 0. The Balaban J connectivity index is 1.87. The SMILES string of the molecule is COc1ccccc1N(CC(=O)NCCOCc1ccccc1)S(C)(=O)=O. The Morgan fingerprint density at radius 2 is 1.74 bits per heavy atom. The molecule has 0 unspecified atom stereocenters. The first kappa shape index (κ1) is 20.7. The maximum Gasteiger partial charge on any atom is 0.240 e. The number of carbonyl (C=O) groups excluding carboxylic acids is 1. The minimum Gasteiger partial charge on any atom is -0.495 e. The van der Waals surface area contributed by atoms with Crippen LogP contribution >= 0.6 is 0 Å². The van der Waals surface area contributed by atoms with Crippen LogP contribution in [0.3, 0.4) is 0 Å². The second kappa shape index (κ2) is 9.94. The van der Waals surface area contributed by atoms with Crippen molar-refractivity contribution in [1.82, 2.24) is 5.32 Å². The molecule has 0 fully saturated rings. The highest BCUT2D eigenvalue weighted by molar-refractivity contribution is 7.92. The molecule has 0 heterocycles. The van der Waals surface area contributed by atoms with Crippen LogP contribution in [0.4, 0.5) is 5.69 Å². The van der Waals surface area contributed by atoms with Gasteiger partial charge in [-0.05, 0) is 17.7 Å². The highest BCUT2D eigenvalue weighted by atomic mass is 32.2. The maximum atomic E-state index is 12.2. The van der Waals surface area contributed by atoms with Gasteiger partial charge in [0.2, 0.25) is 15.9 Å². The third-order valence-corrected chi connectivity index (χ3v) is 4.85. The molecule has 0 bridgehead atoms. The van der Waals surface area contributed by atoms with Gasteiger partial charge in [0.15, 0.2) is 0 Å². The van der Waals surface area contributed by atoms with Crippen LogP contribution in [0.2, 0.25) is 0 Å². The van der Waals surface area contributed by atoms with E-state index in [1.165, 1.54) is 7.11 Å². The zero-order chi connectivity index (χ0) is 19.7. The fourth-order valence-electron chi connectivity index (χ4n) is 2.43. The van der Waals surface area contributed by atoms with Gasteiger partial charge in [-0.2, -0.15) is 0 Å². The van der Waals surface area contributed by atoms with Gasteiger partial charge in [-0.25, -0.2) is 8.42 Å². The highest BCUT2D eigenvalue weighted by Gasteiger charge is 2.23. The first-order valence-electron chi connectivity index (χ1n) is 8.41. The summed E-state index contributed by atoms with van der Waals surface area (Å²) in [6.45, 7) is 0.731. The predicted molar refractivity (Wildman–Crippen MR) is 104 cm³/mol. The third kappa shape index (κ3) is 6.58. The number of carbonyl (C=O) groups is 1. The lowest BCUT2D eigenvalue weighted by Crippen LogP contribution is -2.41. The summed E-state index contributed by atoms with van der Waals surface area (Å²) in [6.07, 6.45) is 1.05. The van der Waals surface area contributed by atoms with E-state index >= 15 is 0 Å². The van der Waals surface area contributed by atoms with Crippen molar-refractivity contribution in [3.05, 3.63) is 60.2 Å². The molecule has 0 aliphatic carbocycles. The van der Waals surface area contributed by atoms with Crippen molar-refractivity contribution in [2.45, 2.75) is 6.61 Å². The van der Waals surface area contributed by atoms with Crippen molar-refractivity contribution in [2.24, 2.45) is 0 Å². The van der Waals surface area contributed by atoms with Crippen molar-refractivity contribution < 1.29 is 22.7 Å². The molecule has 0 spiro atoms. The van der Waals surface area contributed by atoms with Gasteiger partial charge in [-0.1, -0.05) is 42.5 Å². The molecule has 0 saturated carbocycles. The fraction of sp³-hybridized carbons (Fsp3) is 0.316. The zero-order valence-corrected chi connectivity index (χ0v) is 16.2. The number of ether oxygens (including phenoxy) is 2. The first-order chi connectivity index (χ1) is 12.9. The number of amides is 1. The number of benzene rings is 2. The van der Waals surface area contributed by atoms with Crippen LogP contribution in [0.5, 0.6) is 5.75 Å². The van der Waals surface area contributed by atoms with Gasteiger partial charge >= 0.3 is 0 Å². The van der Waals surface area contributed by atoms with E-state index in [0.717, 1.165) is 16.1 Å². The topological polar surface area (TPSA) is 84.9 Å². The zero-order valence-electron chi connectivity index (χ0n) is 15.4. The molecule has 2 aromatic rings. The number of sulfonamides is 1. The molecule has 7 nitrogen and oxygen atoms in total. The second-order valence-corrected chi connectivity index (χ2v) is 7.74. The fourth-order valence-corrected chi connectivity index (χ4v) is 3.29. The molecular formula is C19H24N2O5S. The molecule has 2 aromatic carbocycles. The van der Waals surface area contributed by atoms with Gasteiger partial charge in [0.25, 0.3) is 0 Å². The summed E-state index contributed by atoms with van der Waals surface area (Å²) in [4.78, 5) is 12.2. The Bertz CT molecular complexity index is 840. The largest absolute Gasteiger partial charge is 0.495 e. The smallest absolute Gasteiger partial charge is 0.240 e. The molecule has 0 aromatic heterocycles. The molecule has 2 rings (SSSR count). The Morgan fingerprint density at radius 1 is 1.07 bits per heavy atom. The van der Waals surface area contributed by atoms with Crippen LogP contribution in [-0.2, 0) is 26.2 Å². The van der Waals surface area contributed by atoms with E-state index in [-0.39, 0.29) is 13.1 Å². The Morgan fingerprint density at radius 3 is 2.41 bits per heavy atom. The van der Waals surface area contributed by atoms with E-state index < -0.39 is 15.9 Å². The van der Waals surface area contributed by atoms with Crippen LogP contribution in [0, 0.1) is 0 Å². The standard InChI is InChI=1S/C19H24N2O5S/c1-25-18-11-7-6-10-17(18)21(27(2,23)24)14-19(22)20-12-13-26-15-16-8-4-3-5-9-16/h3-11H,12-15H2,1-2H3,(H,20,22). The van der Waals surface area contributed by atoms with Crippen LogP contribution in [0.1, 0.15) is 5.56 Å². The summed E-state index contributed by atoms with van der Waals surface area (Å²) < 4.78 is 36.0. The average molecular weight is 392 g/mol. The Kier molecular flexibility index (Phi) is 7.63. The number of methoxy groups -OCH3 is 1. The number of hydrogen-bond donors (Lipinski definition) is 1. The first-order valence-corrected chi connectivity index (χ1v) is 10.3. The molecule has 0 aliphatic heterocycles. The number of para-hydroxylation sites is 2. The summed E-state index contributed by atoms with van der Waals surface area (Å²) in [6, 6.07) is 16.3. The quantitative estimate of drug-likeness (QED) is 0.623. The Labute approximate surface area is 160 Å². The minimum atomic E-state index is -3.66. The van der Waals surface area contributed by atoms with Crippen molar-refractivity contribution >= 4 is 21.6 Å². The lowest BCUT2D eigenvalue weighted by atomic mass is 10.2. The summed E-state index contributed by atoms with van der Waals surface area (Å²) in [5.41, 5.74) is 1.36. The molecule has 0 atom stereocenters. The van der Waals surface area contributed by atoms with Crippen LogP contribution in [-0.4, -0.2) is 47.4 Å². The summed E-state index contributed by atoms with van der Waals surface area (Å²) in [5.74, 6) is -0.0449. The number of anilines is 1. The van der Waals surface area contributed by atoms with Gasteiger partial charge in [-0.15, -0.1) is 0 Å². The van der Waals surface area contributed by atoms with E-state index in [4.69, 9.17) is 9.47 Å². The van der Waals surface area contributed by atoms with Gasteiger partial charge in [0, 0.05) is 6.54 Å². The van der Waals surface area contributed by atoms with Crippen molar-refractivity contribution in [3.63, 3.8) is 0 Å². The molecule has 1 N–H and O–H groups in total. The Hall–Kier alpha value is -2.58. The highest BCUT2D eigenvalue weighted by Crippen LogP contribution is 2.29. The number of nitrogens with zero attached hydrogens (tertiary/aromatic N) is 1. The van der Waals surface area contributed by atoms with Crippen molar-refractivity contribution in [2.75, 3.05) is 37.4 Å². The number of rotatable bonds is 10. The predicted octanol–water partition coefficient (Wildman–Crippen LogP) is 1.79. The molecule has 27 heavy (non-hydrogen) atoms. The van der Waals surface area contributed by atoms with Crippen molar-refractivity contribution in [3.8, 4) is 5.75 Å². The van der Waals surface area contributed by atoms with E-state index in [2.05, 4.69) is 5.32 Å². The molecular weight excluding hydrogens is 368 g/mol. The van der Waals surface area contributed by atoms with Gasteiger partial charge in [-0.3, -0.25) is 9.10 Å². The lowest BCUT2D eigenvalue weighted by Gasteiger charge is -2.23. The minimum absolute atomic E-state index is 0.287. The molecule has 0 saturated heterocycles. The van der Waals surface area contributed by atoms with E-state index in [9.17, 15) is 13.2 Å². The summed E-state index contributed by atoms with van der Waals surface area (Å²) in [5, 5.41) is 2.67. The van der Waals surface area contributed by atoms with E-state index in [0.29, 0.717) is 24.7 Å². The third-order valence-electron chi connectivity index (χ3n) is 3.72. The van der Waals surface area contributed by atoms with Crippen molar-refractivity contribution in [1.29, 1.82) is 0 Å². The van der Waals surface area contributed by atoms with E-state index in [1.807, 2.05) is 30.3 Å². The van der Waals surface area contributed by atoms with Gasteiger partial charge in [0.1, 0.15) is 12.3 Å². The molecule has 146 valence electrons. The summed E-state index contributed by atoms with van der Waals surface area (Å²) in [7, 11) is -2.21. The van der Waals surface area contributed by atoms with E-state index in [1.54, 1.807) is 24.3 Å². The van der Waals surface area contributed by atoms with Gasteiger partial charge < -0.3 is 14.8 Å². The molecule has 0 aliphatic rings. The van der Waals surface area contributed by atoms with Gasteiger partial charge in [0.05, 0.1) is 32.3 Å². The molecule has 1 amide bonds. The molecule has 8 heteroatoms. The van der Waals surface area contributed by atoms with Crippen LogP contribution < -0.4 is 14.4 Å². The maximum absolute atomic E-state index is 12.2. The second-order valence-electron chi connectivity index (χ2n) is 5.83. The monoisotopic (exact) mass is 392 g/mol. The number of hydrogen-bond acceptors (Lipinski definition) is 5.